The van der Waals surface area contributed by atoms with Crippen LogP contribution in [0.25, 0.3) is 0 Å². The second-order valence-corrected chi connectivity index (χ2v) is 2.35. The third-order valence-corrected chi connectivity index (χ3v) is 1.27. The van der Waals surface area contributed by atoms with Gasteiger partial charge in [0.25, 0.3) is 6.43 Å². The van der Waals surface area contributed by atoms with E-state index in [9.17, 15) is 8.78 Å². The van der Waals surface area contributed by atoms with E-state index in [2.05, 4.69) is 6.92 Å². The van der Waals surface area contributed by atoms with Gasteiger partial charge in [0.1, 0.15) is 12.4 Å². The fourth-order valence-corrected chi connectivity index (χ4v) is 0.794. The molecule has 1 nitrogen and oxygen atoms in total. The van der Waals surface area contributed by atoms with Crippen molar-refractivity contribution in [3.05, 3.63) is 36.8 Å². The van der Waals surface area contributed by atoms with Crippen molar-refractivity contribution in [3.8, 4) is 5.75 Å². The first kappa shape index (κ1) is 8.97. The highest BCUT2D eigenvalue weighted by Gasteiger charge is 2.02. The van der Waals surface area contributed by atoms with Gasteiger partial charge in [-0.3, -0.25) is 0 Å². The third kappa shape index (κ3) is 2.86. The molecule has 0 aliphatic carbocycles. The van der Waals surface area contributed by atoms with Gasteiger partial charge in [-0.2, -0.15) is 0 Å². The van der Waals surface area contributed by atoms with Crippen LogP contribution in [0.5, 0.6) is 5.75 Å². The highest BCUT2D eigenvalue weighted by molar-refractivity contribution is 5.29. The summed E-state index contributed by atoms with van der Waals surface area (Å²) < 4.78 is 28.1. The molecule has 0 unspecified atom stereocenters. The molecule has 1 radical (unpaired) electrons. The first-order chi connectivity index (χ1) is 5.68. The molecule has 0 bridgehead atoms. The standard InChI is InChI=1S/C9H9F2O/c1-7-3-2-4-8(5-7)12-6-9(10)11/h2-5,9H,1,6H2. The zero-order chi connectivity index (χ0) is 8.97. The Kier molecular flexibility index (Phi) is 3.02. The van der Waals surface area contributed by atoms with E-state index >= 15 is 0 Å². The van der Waals surface area contributed by atoms with Crippen molar-refractivity contribution in [3.63, 3.8) is 0 Å². The van der Waals surface area contributed by atoms with Crippen LogP contribution in [0.3, 0.4) is 0 Å². The Labute approximate surface area is 70.0 Å². The van der Waals surface area contributed by atoms with E-state index in [1.807, 2.05) is 0 Å². The van der Waals surface area contributed by atoms with E-state index in [1.165, 1.54) is 0 Å². The van der Waals surface area contributed by atoms with Crippen molar-refractivity contribution in [2.75, 3.05) is 6.61 Å². The quantitative estimate of drug-likeness (QED) is 0.679. The Morgan fingerprint density at radius 1 is 1.42 bits per heavy atom. The monoisotopic (exact) mass is 171 g/mol. The van der Waals surface area contributed by atoms with Crippen LogP contribution in [0, 0.1) is 6.92 Å². The minimum atomic E-state index is -2.43. The lowest BCUT2D eigenvalue weighted by Crippen LogP contribution is -2.06. The summed E-state index contributed by atoms with van der Waals surface area (Å²) >= 11 is 0. The van der Waals surface area contributed by atoms with E-state index in [4.69, 9.17) is 4.74 Å². The Morgan fingerprint density at radius 2 is 2.17 bits per heavy atom. The Balaban J connectivity index is 2.52. The van der Waals surface area contributed by atoms with Crippen LogP contribution in [-0.4, -0.2) is 13.0 Å². The molecule has 12 heavy (non-hydrogen) atoms. The fourth-order valence-electron chi connectivity index (χ4n) is 0.794. The predicted octanol–water partition coefficient (Wildman–Crippen LogP) is 2.51. The molecule has 65 valence electrons. The van der Waals surface area contributed by atoms with Gasteiger partial charge in [0.2, 0.25) is 0 Å². The van der Waals surface area contributed by atoms with Crippen LogP contribution < -0.4 is 4.74 Å². The first-order valence-electron chi connectivity index (χ1n) is 3.51. The Morgan fingerprint density at radius 3 is 2.75 bits per heavy atom. The maximum atomic E-state index is 11.7. The summed E-state index contributed by atoms with van der Waals surface area (Å²) in [5, 5.41) is 0. The SMILES string of the molecule is [CH2]c1cccc(OCC(F)F)c1. The lowest BCUT2D eigenvalue weighted by atomic mass is 10.2. The molecule has 0 aromatic heterocycles. The zero-order valence-corrected chi connectivity index (χ0v) is 6.47. The molecule has 1 aromatic rings. The van der Waals surface area contributed by atoms with Crippen molar-refractivity contribution in [2.45, 2.75) is 6.43 Å². The average Bonchev–Trinajstić information content (AvgIpc) is 2.01. The Bertz CT molecular complexity index is 248. The van der Waals surface area contributed by atoms with Gasteiger partial charge in [-0.15, -0.1) is 0 Å². The van der Waals surface area contributed by atoms with Crippen LogP contribution in [-0.2, 0) is 0 Å². The summed E-state index contributed by atoms with van der Waals surface area (Å²) in [4.78, 5) is 0. The van der Waals surface area contributed by atoms with Crippen molar-refractivity contribution < 1.29 is 13.5 Å². The van der Waals surface area contributed by atoms with Crippen LogP contribution in [0.1, 0.15) is 5.56 Å². The fraction of sp³-hybridized carbons (Fsp3) is 0.222. The molecule has 0 aliphatic rings. The molecule has 0 saturated heterocycles. The van der Waals surface area contributed by atoms with Crippen LogP contribution in [0.15, 0.2) is 24.3 Å². The molecule has 0 N–H and O–H groups in total. The highest BCUT2D eigenvalue weighted by atomic mass is 19.3. The van der Waals surface area contributed by atoms with E-state index < -0.39 is 13.0 Å². The summed E-state index contributed by atoms with van der Waals surface area (Å²) in [5.41, 5.74) is 0.752. The molecule has 1 rings (SSSR count). The van der Waals surface area contributed by atoms with Crippen molar-refractivity contribution in [2.24, 2.45) is 0 Å². The normalized spacial score (nSPS) is 10.3. The maximum absolute atomic E-state index is 11.7. The number of ether oxygens (including phenoxy) is 1. The molecule has 0 aliphatic heterocycles. The molecule has 0 saturated carbocycles. The van der Waals surface area contributed by atoms with Gasteiger partial charge in [-0.05, 0) is 24.6 Å². The van der Waals surface area contributed by atoms with E-state index in [-0.39, 0.29) is 0 Å². The molecule has 0 heterocycles. The molecule has 3 heteroatoms. The topological polar surface area (TPSA) is 9.23 Å². The van der Waals surface area contributed by atoms with Crippen LogP contribution >= 0.6 is 0 Å². The average molecular weight is 171 g/mol. The summed E-state index contributed by atoms with van der Waals surface area (Å²) in [6, 6.07) is 6.72. The number of rotatable bonds is 3. The van der Waals surface area contributed by atoms with E-state index in [1.54, 1.807) is 24.3 Å². The number of alkyl halides is 2. The third-order valence-electron chi connectivity index (χ3n) is 1.27. The molecule has 0 amide bonds. The molecular weight excluding hydrogens is 162 g/mol. The summed E-state index contributed by atoms with van der Waals surface area (Å²) in [5.74, 6) is 0.433. The minimum absolute atomic E-state index is 0.433. The van der Waals surface area contributed by atoms with Crippen LogP contribution in [0.4, 0.5) is 8.78 Å². The molecule has 0 fully saturated rings. The van der Waals surface area contributed by atoms with Gasteiger partial charge in [0, 0.05) is 0 Å². The van der Waals surface area contributed by atoms with Gasteiger partial charge in [-0.1, -0.05) is 12.1 Å². The highest BCUT2D eigenvalue weighted by Crippen LogP contribution is 2.12. The zero-order valence-electron chi connectivity index (χ0n) is 6.47. The molecular formula is C9H9F2O. The van der Waals surface area contributed by atoms with Gasteiger partial charge >= 0.3 is 0 Å². The molecule has 1 aromatic carbocycles. The van der Waals surface area contributed by atoms with Gasteiger partial charge in [0.05, 0.1) is 0 Å². The number of hydrogen-bond donors (Lipinski definition) is 0. The number of halogens is 2. The number of hydrogen-bond acceptors (Lipinski definition) is 1. The summed E-state index contributed by atoms with van der Waals surface area (Å²) in [6.07, 6.45) is -2.43. The molecule has 0 atom stereocenters. The largest absolute Gasteiger partial charge is 0.488 e. The maximum Gasteiger partial charge on any atom is 0.272 e. The van der Waals surface area contributed by atoms with Gasteiger partial charge < -0.3 is 4.74 Å². The summed E-state index contributed by atoms with van der Waals surface area (Å²) in [7, 11) is 0. The van der Waals surface area contributed by atoms with Crippen molar-refractivity contribution in [1.29, 1.82) is 0 Å². The van der Waals surface area contributed by atoms with E-state index in [0.29, 0.717) is 5.75 Å². The Hall–Kier alpha value is -1.12. The smallest absolute Gasteiger partial charge is 0.272 e. The van der Waals surface area contributed by atoms with E-state index in [0.717, 1.165) is 5.56 Å². The molecule has 0 spiro atoms. The van der Waals surface area contributed by atoms with Crippen molar-refractivity contribution >= 4 is 0 Å². The second-order valence-electron chi connectivity index (χ2n) is 2.35. The summed E-state index contributed by atoms with van der Waals surface area (Å²) in [6.45, 7) is 3.07. The van der Waals surface area contributed by atoms with Gasteiger partial charge in [-0.25, -0.2) is 8.78 Å². The minimum Gasteiger partial charge on any atom is -0.488 e. The second kappa shape index (κ2) is 4.04. The lowest BCUT2D eigenvalue weighted by Gasteiger charge is -2.04. The van der Waals surface area contributed by atoms with Crippen LogP contribution in [0.2, 0.25) is 0 Å². The number of benzene rings is 1. The lowest BCUT2D eigenvalue weighted by molar-refractivity contribution is 0.0819. The van der Waals surface area contributed by atoms with Crippen molar-refractivity contribution in [1.82, 2.24) is 0 Å². The predicted molar refractivity (Wildman–Crippen MR) is 42.4 cm³/mol. The van der Waals surface area contributed by atoms with Gasteiger partial charge in [0.15, 0.2) is 0 Å². The first-order valence-corrected chi connectivity index (χ1v) is 3.51.